The van der Waals surface area contributed by atoms with Crippen molar-refractivity contribution in [1.82, 2.24) is 0 Å². The second kappa shape index (κ2) is 9.60. The maximum absolute atomic E-state index is 12.8. The number of rotatable bonds is 8. The van der Waals surface area contributed by atoms with E-state index in [1.54, 1.807) is 54.6 Å². The van der Waals surface area contributed by atoms with Crippen molar-refractivity contribution >= 4 is 34.7 Å². The molecule has 0 aliphatic rings. The quantitative estimate of drug-likeness (QED) is 0.503. The van der Waals surface area contributed by atoms with E-state index in [9.17, 15) is 9.90 Å². The van der Waals surface area contributed by atoms with Gasteiger partial charge in [0.1, 0.15) is 18.5 Å². The van der Waals surface area contributed by atoms with Crippen LogP contribution in [0.25, 0.3) is 0 Å². The number of benzene rings is 3. The van der Waals surface area contributed by atoms with Crippen LogP contribution in [0, 0.1) is 0 Å². The van der Waals surface area contributed by atoms with E-state index >= 15 is 0 Å². The molecular weight excluding hydrogens is 397 g/mol. The number of ether oxygens (including phenoxy) is 1. The fraction of sp³-hybridized carbons (Fsp3) is 0.136. The molecule has 6 heteroatoms. The molecule has 0 unspecified atom stereocenters. The lowest BCUT2D eigenvalue weighted by molar-refractivity contribution is 0.103. The van der Waals surface area contributed by atoms with Gasteiger partial charge in [-0.2, -0.15) is 0 Å². The number of carbonyl (C=O) groups excluding carboxylic acids is 1. The van der Waals surface area contributed by atoms with Crippen LogP contribution < -0.4 is 10.1 Å². The van der Waals surface area contributed by atoms with Gasteiger partial charge in [-0.15, -0.1) is 0 Å². The van der Waals surface area contributed by atoms with Crippen molar-refractivity contribution in [1.29, 1.82) is 0 Å². The first-order valence-electron chi connectivity index (χ1n) is 8.72. The Labute approximate surface area is 173 Å². The van der Waals surface area contributed by atoms with E-state index in [0.717, 1.165) is 0 Å². The smallest absolute Gasteiger partial charge is 0.195 e. The molecule has 0 saturated carbocycles. The van der Waals surface area contributed by atoms with Gasteiger partial charge in [0.15, 0.2) is 5.78 Å². The summed E-state index contributed by atoms with van der Waals surface area (Å²) in [5.41, 5.74) is 1.62. The van der Waals surface area contributed by atoms with Crippen molar-refractivity contribution in [2.24, 2.45) is 0 Å². The molecule has 0 aliphatic heterocycles. The Morgan fingerprint density at radius 1 is 0.964 bits per heavy atom. The number of ketones is 1. The Kier molecular flexibility index (Phi) is 6.93. The first-order chi connectivity index (χ1) is 13.5. The van der Waals surface area contributed by atoms with Crippen LogP contribution in [0.4, 0.5) is 5.69 Å². The molecular formula is C22H19Cl2NO3. The number of halogens is 2. The molecule has 0 saturated heterocycles. The monoisotopic (exact) mass is 415 g/mol. The van der Waals surface area contributed by atoms with Crippen LogP contribution in [-0.2, 0) is 0 Å². The summed E-state index contributed by atoms with van der Waals surface area (Å²) in [7, 11) is 0. The SMILES string of the molecule is O=C(c1ccccc1)c1cc(Cl)ccc1NC[C@@H](O)COc1ccc(Cl)cc1. The van der Waals surface area contributed by atoms with Gasteiger partial charge < -0.3 is 15.2 Å². The molecule has 4 nitrogen and oxygen atoms in total. The van der Waals surface area contributed by atoms with Gasteiger partial charge in [-0.3, -0.25) is 4.79 Å². The molecule has 0 spiro atoms. The summed E-state index contributed by atoms with van der Waals surface area (Å²) >= 11 is 11.9. The summed E-state index contributed by atoms with van der Waals surface area (Å²) in [4.78, 5) is 12.8. The molecule has 1 atom stereocenters. The van der Waals surface area contributed by atoms with Gasteiger partial charge in [-0.1, -0.05) is 53.5 Å². The summed E-state index contributed by atoms with van der Waals surface area (Å²) < 4.78 is 5.54. The lowest BCUT2D eigenvalue weighted by Gasteiger charge is -2.16. The standard InChI is InChI=1S/C22H19Cl2NO3/c23-16-6-9-19(10-7-16)28-14-18(26)13-25-21-11-8-17(24)12-20(21)22(27)15-4-2-1-3-5-15/h1-12,18,25-26H,13-14H2/t18-/m1/s1. The molecule has 0 radical (unpaired) electrons. The Morgan fingerprint density at radius 2 is 1.64 bits per heavy atom. The van der Waals surface area contributed by atoms with E-state index in [-0.39, 0.29) is 18.9 Å². The Hall–Kier alpha value is -2.53. The van der Waals surface area contributed by atoms with E-state index in [0.29, 0.717) is 32.6 Å². The van der Waals surface area contributed by atoms with Gasteiger partial charge in [-0.05, 0) is 42.5 Å². The second-order valence-electron chi connectivity index (χ2n) is 6.18. The lowest BCUT2D eigenvalue weighted by Crippen LogP contribution is -2.27. The molecule has 3 rings (SSSR count). The molecule has 2 N–H and O–H groups in total. The molecule has 0 heterocycles. The summed E-state index contributed by atoms with van der Waals surface area (Å²) in [6.45, 7) is 0.314. The van der Waals surface area contributed by atoms with Crippen LogP contribution in [0.15, 0.2) is 72.8 Å². The third-order valence-corrected chi connectivity index (χ3v) is 4.53. The highest BCUT2D eigenvalue weighted by Gasteiger charge is 2.15. The predicted molar refractivity (Wildman–Crippen MR) is 113 cm³/mol. The van der Waals surface area contributed by atoms with E-state index in [4.69, 9.17) is 27.9 Å². The number of nitrogens with one attached hydrogen (secondary N) is 1. The third-order valence-electron chi connectivity index (χ3n) is 4.05. The van der Waals surface area contributed by atoms with Crippen molar-refractivity contribution in [2.75, 3.05) is 18.5 Å². The Bertz CT molecular complexity index is 930. The molecule has 0 aliphatic carbocycles. The number of carbonyl (C=O) groups is 1. The van der Waals surface area contributed by atoms with Crippen LogP contribution >= 0.6 is 23.2 Å². The Morgan fingerprint density at radius 3 is 2.36 bits per heavy atom. The molecule has 0 fully saturated rings. The molecule has 144 valence electrons. The van der Waals surface area contributed by atoms with Gasteiger partial charge >= 0.3 is 0 Å². The zero-order valence-corrected chi connectivity index (χ0v) is 16.5. The second-order valence-corrected chi connectivity index (χ2v) is 7.06. The average Bonchev–Trinajstić information content (AvgIpc) is 2.72. The zero-order chi connectivity index (χ0) is 19.9. The molecule has 0 aromatic heterocycles. The third kappa shape index (κ3) is 5.49. The van der Waals surface area contributed by atoms with E-state index in [1.807, 2.05) is 18.2 Å². The minimum Gasteiger partial charge on any atom is -0.491 e. The average molecular weight is 416 g/mol. The molecule has 0 bridgehead atoms. The zero-order valence-electron chi connectivity index (χ0n) is 14.9. The molecule has 3 aromatic rings. The van der Waals surface area contributed by atoms with Crippen molar-refractivity contribution in [3.63, 3.8) is 0 Å². The summed E-state index contributed by atoms with van der Waals surface area (Å²) in [5, 5.41) is 14.4. The number of anilines is 1. The fourth-order valence-corrected chi connectivity index (χ4v) is 2.91. The fourth-order valence-electron chi connectivity index (χ4n) is 2.61. The summed E-state index contributed by atoms with van der Waals surface area (Å²) in [6.07, 6.45) is -0.772. The van der Waals surface area contributed by atoms with Crippen LogP contribution in [0.1, 0.15) is 15.9 Å². The minimum absolute atomic E-state index is 0.101. The highest BCUT2D eigenvalue weighted by molar-refractivity contribution is 6.31. The molecule has 3 aromatic carbocycles. The lowest BCUT2D eigenvalue weighted by atomic mass is 10.0. The normalized spacial score (nSPS) is 11.7. The summed E-state index contributed by atoms with van der Waals surface area (Å²) in [6, 6.07) is 20.9. The maximum atomic E-state index is 12.8. The van der Waals surface area contributed by atoms with Crippen LogP contribution in [0.2, 0.25) is 10.0 Å². The number of aliphatic hydroxyl groups excluding tert-OH is 1. The predicted octanol–water partition coefficient (Wildman–Crippen LogP) is 5.08. The van der Waals surface area contributed by atoms with Gasteiger partial charge in [0.05, 0.1) is 0 Å². The Balaban J connectivity index is 1.63. The first kappa shape index (κ1) is 20.2. The molecule has 28 heavy (non-hydrogen) atoms. The van der Waals surface area contributed by atoms with Crippen LogP contribution in [0.5, 0.6) is 5.75 Å². The van der Waals surface area contributed by atoms with Gasteiger partial charge in [0.2, 0.25) is 0 Å². The first-order valence-corrected chi connectivity index (χ1v) is 9.48. The topological polar surface area (TPSA) is 58.6 Å². The van der Waals surface area contributed by atoms with Crippen LogP contribution in [-0.4, -0.2) is 30.1 Å². The van der Waals surface area contributed by atoms with Gasteiger partial charge in [-0.25, -0.2) is 0 Å². The highest BCUT2D eigenvalue weighted by Crippen LogP contribution is 2.24. The molecule has 0 amide bonds. The van der Waals surface area contributed by atoms with Crippen molar-refractivity contribution < 1.29 is 14.6 Å². The minimum atomic E-state index is -0.772. The van der Waals surface area contributed by atoms with Crippen molar-refractivity contribution in [2.45, 2.75) is 6.10 Å². The van der Waals surface area contributed by atoms with E-state index in [2.05, 4.69) is 5.32 Å². The van der Waals surface area contributed by atoms with E-state index < -0.39 is 6.10 Å². The van der Waals surface area contributed by atoms with Crippen LogP contribution in [0.3, 0.4) is 0 Å². The highest BCUT2D eigenvalue weighted by atomic mass is 35.5. The summed E-state index contributed by atoms with van der Waals surface area (Å²) in [5.74, 6) is 0.479. The number of aliphatic hydroxyl groups is 1. The van der Waals surface area contributed by atoms with Crippen molar-refractivity contribution in [3.05, 3.63) is 94.0 Å². The van der Waals surface area contributed by atoms with Gasteiger partial charge in [0.25, 0.3) is 0 Å². The largest absolute Gasteiger partial charge is 0.491 e. The van der Waals surface area contributed by atoms with E-state index in [1.165, 1.54) is 0 Å². The van der Waals surface area contributed by atoms with Gasteiger partial charge in [0, 0.05) is 33.4 Å². The maximum Gasteiger partial charge on any atom is 0.195 e. The van der Waals surface area contributed by atoms with Crippen molar-refractivity contribution in [3.8, 4) is 5.75 Å². The number of hydrogen-bond donors (Lipinski definition) is 2. The number of hydrogen-bond acceptors (Lipinski definition) is 4.